The fourth-order valence-corrected chi connectivity index (χ4v) is 3.75. The van der Waals surface area contributed by atoms with Crippen LogP contribution in [0.4, 0.5) is 0 Å². The van der Waals surface area contributed by atoms with Crippen molar-refractivity contribution >= 4 is 23.2 Å². The number of rotatable bonds is 3. The summed E-state index contributed by atoms with van der Waals surface area (Å²) in [5.41, 5.74) is 2.88. The number of hydrogen-bond donors (Lipinski definition) is 0. The van der Waals surface area contributed by atoms with Gasteiger partial charge in [0.25, 0.3) is 11.5 Å². The predicted octanol–water partition coefficient (Wildman–Crippen LogP) is 2.61. The van der Waals surface area contributed by atoms with Gasteiger partial charge in [0, 0.05) is 45.0 Å². The molecule has 0 N–H and O–H groups in total. The van der Waals surface area contributed by atoms with Crippen molar-refractivity contribution in [3.05, 3.63) is 80.9 Å². The van der Waals surface area contributed by atoms with E-state index >= 15 is 0 Å². The molecule has 0 unspecified atom stereocenters. The second kappa shape index (κ2) is 7.73. The minimum atomic E-state index is -0.0729. The molecule has 1 aliphatic heterocycles. The number of carbonyl (C=O) groups is 1. The van der Waals surface area contributed by atoms with Crippen LogP contribution in [-0.2, 0) is 6.54 Å². The van der Waals surface area contributed by atoms with Gasteiger partial charge in [0.2, 0.25) is 0 Å². The highest BCUT2D eigenvalue weighted by Crippen LogP contribution is 2.18. The topological polar surface area (TPSA) is 57.9 Å². The number of hydrogen-bond acceptors (Lipinski definition) is 4. The van der Waals surface area contributed by atoms with Gasteiger partial charge >= 0.3 is 0 Å². The number of piperazine rings is 1. The van der Waals surface area contributed by atoms with Crippen LogP contribution in [0, 0.1) is 6.92 Å². The summed E-state index contributed by atoms with van der Waals surface area (Å²) in [5, 5.41) is 0.478. The molecule has 1 amide bonds. The van der Waals surface area contributed by atoms with Crippen LogP contribution in [0.5, 0.6) is 0 Å². The normalized spacial score (nSPS) is 15.1. The second-order valence-corrected chi connectivity index (χ2v) is 7.43. The van der Waals surface area contributed by atoms with Crippen molar-refractivity contribution in [2.45, 2.75) is 13.5 Å². The summed E-state index contributed by atoms with van der Waals surface area (Å²) in [7, 11) is 0. The number of carbonyl (C=O) groups excluding carboxylic acids is 1. The first kappa shape index (κ1) is 18.7. The van der Waals surface area contributed by atoms with Gasteiger partial charge in [0.05, 0.1) is 16.3 Å². The zero-order valence-corrected chi connectivity index (χ0v) is 16.4. The first-order valence-corrected chi connectivity index (χ1v) is 9.65. The van der Waals surface area contributed by atoms with Crippen molar-refractivity contribution in [2.24, 2.45) is 0 Å². The van der Waals surface area contributed by atoms with Gasteiger partial charge in [-0.2, -0.15) is 0 Å². The van der Waals surface area contributed by atoms with Crippen LogP contribution in [0.15, 0.2) is 53.5 Å². The Morgan fingerprint density at radius 2 is 1.86 bits per heavy atom. The maximum atomic E-state index is 12.7. The Balaban J connectivity index is 1.44. The molecule has 0 bridgehead atoms. The van der Waals surface area contributed by atoms with E-state index in [1.165, 1.54) is 0 Å². The molecule has 2 aromatic heterocycles. The van der Waals surface area contributed by atoms with Gasteiger partial charge in [-0.15, -0.1) is 0 Å². The lowest BCUT2D eigenvalue weighted by atomic mass is 10.1. The molecule has 6 nitrogen and oxygen atoms in total. The van der Waals surface area contributed by atoms with Crippen LogP contribution < -0.4 is 5.56 Å². The number of halogens is 1. The second-order valence-electron chi connectivity index (χ2n) is 7.02. The maximum absolute atomic E-state index is 12.7. The number of pyridine rings is 1. The molecule has 1 fully saturated rings. The Kier molecular flexibility index (Phi) is 5.15. The standard InChI is InChI=1S/C21H21ClN4O2/c1-15-5-4-8-26-19(27)13-16(23-20(15)26)14-24-9-11-25(12-10-24)21(28)17-6-2-3-7-18(17)22/h2-8,13H,9-12,14H2,1H3. The lowest BCUT2D eigenvalue weighted by Crippen LogP contribution is -2.48. The lowest BCUT2D eigenvalue weighted by Gasteiger charge is -2.34. The summed E-state index contributed by atoms with van der Waals surface area (Å²) in [4.78, 5) is 33.7. The van der Waals surface area contributed by atoms with Crippen molar-refractivity contribution in [1.29, 1.82) is 0 Å². The van der Waals surface area contributed by atoms with Crippen molar-refractivity contribution in [2.75, 3.05) is 26.2 Å². The van der Waals surface area contributed by atoms with Gasteiger partial charge in [-0.1, -0.05) is 29.8 Å². The molecule has 0 radical (unpaired) electrons. The molecule has 1 saturated heterocycles. The summed E-state index contributed by atoms with van der Waals surface area (Å²) in [6.45, 7) is 5.24. The summed E-state index contributed by atoms with van der Waals surface area (Å²) in [5.74, 6) is -0.0389. The van der Waals surface area contributed by atoms with E-state index < -0.39 is 0 Å². The van der Waals surface area contributed by atoms with Gasteiger partial charge in [0.1, 0.15) is 5.65 Å². The SMILES string of the molecule is Cc1cccn2c(=O)cc(CN3CCN(C(=O)c4ccccc4Cl)CC3)nc12. The van der Waals surface area contributed by atoms with Crippen LogP contribution in [0.1, 0.15) is 21.6 Å². The minimum Gasteiger partial charge on any atom is -0.336 e. The van der Waals surface area contributed by atoms with E-state index in [9.17, 15) is 9.59 Å². The molecule has 0 atom stereocenters. The van der Waals surface area contributed by atoms with Crippen LogP contribution in [-0.4, -0.2) is 51.3 Å². The van der Waals surface area contributed by atoms with E-state index in [2.05, 4.69) is 9.88 Å². The van der Waals surface area contributed by atoms with Gasteiger partial charge in [-0.25, -0.2) is 4.98 Å². The average Bonchev–Trinajstić information content (AvgIpc) is 2.69. The van der Waals surface area contributed by atoms with Crippen molar-refractivity contribution < 1.29 is 4.79 Å². The fourth-order valence-electron chi connectivity index (χ4n) is 3.53. The van der Waals surface area contributed by atoms with Crippen molar-refractivity contribution in [3.63, 3.8) is 0 Å². The highest BCUT2D eigenvalue weighted by atomic mass is 35.5. The highest BCUT2D eigenvalue weighted by Gasteiger charge is 2.23. The molecule has 7 heteroatoms. The largest absolute Gasteiger partial charge is 0.336 e. The lowest BCUT2D eigenvalue weighted by molar-refractivity contribution is 0.0627. The monoisotopic (exact) mass is 396 g/mol. The number of aromatic nitrogens is 2. The van der Waals surface area contributed by atoms with Crippen molar-refractivity contribution in [1.82, 2.24) is 19.2 Å². The molecule has 4 rings (SSSR count). The number of nitrogens with zero attached hydrogens (tertiary/aromatic N) is 4. The number of aryl methyl sites for hydroxylation is 1. The zero-order chi connectivity index (χ0) is 19.7. The Morgan fingerprint density at radius 3 is 2.61 bits per heavy atom. The van der Waals surface area contributed by atoms with Gasteiger partial charge in [-0.3, -0.25) is 18.9 Å². The Morgan fingerprint density at radius 1 is 1.11 bits per heavy atom. The Bertz CT molecular complexity index is 1090. The van der Waals surface area contributed by atoms with E-state index in [-0.39, 0.29) is 11.5 Å². The fraction of sp³-hybridized carbons (Fsp3) is 0.286. The molecule has 3 heterocycles. The van der Waals surface area contributed by atoms with E-state index in [0.29, 0.717) is 35.9 Å². The van der Waals surface area contributed by atoms with Gasteiger partial charge in [0.15, 0.2) is 0 Å². The van der Waals surface area contributed by atoms with Crippen LogP contribution in [0.2, 0.25) is 5.02 Å². The summed E-state index contributed by atoms with van der Waals surface area (Å²) < 4.78 is 1.57. The first-order chi connectivity index (χ1) is 13.5. The number of fused-ring (bicyclic) bond motifs is 1. The van der Waals surface area contributed by atoms with Gasteiger partial charge in [-0.05, 0) is 30.7 Å². The van der Waals surface area contributed by atoms with E-state index in [1.807, 2.05) is 36.1 Å². The van der Waals surface area contributed by atoms with E-state index in [0.717, 1.165) is 24.3 Å². The Hall–Kier alpha value is -2.70. The summed E-state index contributed by atoms with van der Waals surface area (Å²) in [6, 6.07) is 12.5. The summed E-state index contributed by atoms with van der Waals surface area (Å²) in [6.07, 6.45) is 1.74. The van der Waals surface area contributed by atoms with E-state index in [1.54, 1.807) is 28.8 Å². The molecule has 28 heavy (non-hydrogen) atoms. The highest BCUT2D eigenvalue weighted by molar-refractivity contribution is 6.33. The Labute approximate surface area is 168 Å². The molecule has 0 saturated carbocycles. The van der Waals surface area contributed by atoms with E-state index in [4.69, 9.17) is 11.6 Å². The average molecular weight is 397 g/mol. The van der Waals surface area contributed by atoms with Crippen LogP contribution >= 0.6 is 11.6 Å². The van der Waals surface area contributed by atoms with Crippen molar-refractivity contribution in [3.8, 4) is 0 Å². The van der Waals surface area contributed by atoms with Crippen LogP contribution in [0.25, 0.3) is 5.65 Å². The third kappa shape index (κ3) is 3.66. The minimum absolute atomic E-state index is 0.0389. The molecular weight excluding hydrogens is 376 g/mol. The molecule has 144 valence electrons. The first-order valence-electron chi connectivity index (χ1n) is 9.27. The number of amides is 1. The number of benzene rings is 1. The molecule has 1 aliphatic rings. The molecule has 3 aromatic rings. The summed E-state index contributed by atoms with van der Waals surface area (Å²) >= 11 is 6.15. The van der Waals surface area contributed by atoms with Gasteiger partial charge < -0.3 is 4.90 Å². The van der Waals surface area contributed by atoms with Crippen LogP contribution in [0.3, 0.4) is 0 Å². The molecule has 1 aromatic carbocycles. The third-order valence-electron chi connectivity index (χ3n) is 5.09. The molecular formula is C21H21ClN4O2. The third-order valence-corrected chi connectivity index (χ3v) is 5.42. The zero-order valence-electron chi connectivity index (χ0n) is 15.6. The predicted molar refractivity (Wildman–Crippen MR) is 109 cm³/mol. The quantitative estimate of drug-likeness (QED) is 0.683. The molecule has 0 aliphatic carbocycles. The molecule has 0 spiro atoms. The smallest absolute Gasteiger partial charge is 0.258 e. The maximum Gasteiger partial charge on any atom is 0.258 e.